The lowest BCUT2D eigenvalue weighted by atomic mass is 10.2. The molecule has 10 heteroatoms. The first-order chi connectivity index (χ1) is 12.0. The second-order valence-electron chi connectivity index (χ2n) is 6.60. The molecule has 1 unspecified atom stereocenters. The van der Waals surface area contributed by atoms with E-state index in [1.807, 2.05) is 0 Å². The van der Waals surface area contributed by atoms with Crippen LogP contribution in [0.4, 0.5) is 0 Å². The Balaban J connectivity index is 1.63. The van der Waals surface area contributed by atoms with E-state index in [9.17, 15) is 13.2 Å². The largest absolute Gasteiger partial charge is 0.339 e. The van der Waals surface area contributed by atoms with E-state index >= 15 is 0 Å². The maximum absolute atomic E-state index is 12.8. The summed E-state index contributed by atoms with van der Waals surface area (Å²) in [5.74, 6) is -0.0530. The molecule has 0 aliphatic carbocycles. The molecule has 0 radical (unpaired) electrons. The van der Waals surface area contributed by atoms with Gasteiger partial charge in [0.25, 0.3) is 10.2 Å². The minimum absolute atomic E-state index is 0.0530. The van der Waals surface area contributed by atoms with Crippen LogP contribution in [0.1, 0.15) is 38.6 Å². The predicted molar refractivity (Wildman–Crippen MR) is 91.8 cm³/mol. The summed E-state index contributed by atoms with van der Waals surface area (Å²) >= 11 is 0. The first-order valence-electron chi connectivity index (χ1n) is 8.88. The standard InChI is InChI=1S/C15H26N6O3S/c1-14(21-13-16-12-17-21)15(22)18-6-5-9-20(11-10-18)25(23,24)19-7-3-2-4-8-19/h12-14H,2-11H2,1H3. The van der Waals surface area contributed by atoms with Crippen molar-refractivity contribution >= 4 is 16.1 Å². The van der Waals surface area contributed by atoms with Gasteiger partial charge in [0, 0.05) is 39.3 Å². The zero-order valence-corrected chi connectivity index (χ0v) is 15.4. The first kappa shape index (κ1) is 18.3. The molecule has 140 valence electrons. The topological polar surface area (TPSA) is 91.6 Å². The van der Waals surface area contributed by atoms with Crippen molar-refractivity contribution in [3.05, 3.63) is 12.7 Å². The number of amides is 1. The molecule has 2 saturated heterocycles. The number of carbonyl (C=O) groups excluding carboxylic acids is 1. The van der Waals surface area contributed by atoms with Crippen molar-refractivity contribution in [2.75, 3.05) is 39.3 Å². The molecule has 0 saturated carbocycles. The summed E-state index contributed by atoms with van der Waals surface area (Å²) in [6.07, 6.45) is 6.50. The van der Waals surface area contributed by atoms with Gasteiger partial charge in [-0.3, -0.25) is 4.79 Å². The third-order valence-corrected chi connectivity index (χ3v) is 6.96. The summed E-state index contributed by atoms with van der Waals surface area (Å²) in [7, 11) is -3.42. The van der Waals surface area contributed by atoms with Gasteiger partial charge in [-0.15, -0.1) is 0 Å². The molecule has 25 heavy (non-hydrogen) atoms. The van der Waals surface area contributed by atoms with E-state index in [0.717, 1.165) is 19.3 Å². The zero-order chi connectivity index (χ0) is 17.9. The average Bonchev–Trinajstić information content (AvgIpc) is 3.05. The quantitative estimate of drug-likeness (QED) is 0.750. The maximum atomic E-state index is 12.8. The van der Waals surface area contributed by atoms with Crippen molar-refractivity contribution in [1.29, 1.82) is 0 Å². The van der Waals surface area contributed by atoms with Crippen LogP contribution in [-0.4, -0.2) is 81.9 Å². The SMILES string of the molecule is CC(C(=O)N1CCCN(S(=O)(=O)N2CCCCC2)CC1)n1cncn1. The Morgan fingerprint density at radius 1 is 0.960 bits per heavy atom. The Labute approximate surface area is 148 Å². The van der Waals surface area contributed by atoms with Gasteiger partial charge in [0.15, 0.2) is 0 Å². The molecule has 9 nitrogen and oxygen atoms in total. The Morgan fingerprint density at radius 3 is 2.32 bits per heavy atom. The lowest BCUT2D eigenvalue weighted by Crippen LogP contribution is -2.47. The van der Waals surface area contributed by atoms with Crippen LogP contribution < -0.4 is 0 Å². The van der Waals surface area contributed by atoms with Gasteiger partial charge in [-0.2, -0.15) is 22.1 Å². The lowest BCUT2D eigenvalue weighted by Gasteiger charge is -2.31. The summed E-state index contributed by atoms with van der Waals surface area (Å²) in [5, 5.41) is 4.02. The second-order valence-corrected chi connectivity index (χ2v) is 8.53. The van der Waals surface area contributed by atoms with Crippen LogP contribution in [0.5, 0.6) is 0 Å². The average molecular weight is 370 g/mol. The summed E-state index contributed by atoms with van der Waals surface area (Å²) in [6, 6.07) is -0.437. The van der Waals surface area contributed by atoms with Crippen LogP contribution in [0.15, 0.2) is 12.7 Å². The number of rotatable bonds is 4. The van der Waals surface area contributed by atoms with E-state index in [4.69, 9.17) is 0 Å². The number of nitrogens with zero attached hydrogens (tertiary/aromatic N) is 6. The van der Waals surface area contributed by atoms with Gasteiger partial charge in [-0.1, -0.05) is 6.42 Å². The molecular weight excluding hydrogens is 344 g/mol. The van der Waals surface area contributed by atoms with Crippen molar-refractivity contribution in [1.82, 2.24) is 28.3 Å². The number of aromatic nitrogens is 3. The number of hydrogen-bond acceptors (Lipinski definition) is 5. The van der Waals surface area contributed by atoms with Crippen LogP contribution in [0.25, 0.3) is 0 Å². The molecule has 0 spiro atoms. The molecule has 0 N–H and O–H groups in total. The number of piperidine rings is 1. The van der Waals surface area contributed by atoms with E-state index in [1.165, 1.54) is 21.6 Å². The van der Waals surface area contributed by atoms with E-state index in [-0.39, 0.29) is 5.91 Å². The van der Waals surface area contributed by atoms with Crippen LogP contribution >= 0.6 is 0 Å². The third-order valence-electron chi connectivity index (χ3n) is 4.92. The number of carbonyl (C=O) groups is 1. The fourth-order valence-corrected chi connectivity index (χ4v) is 5.12. The van der Waals surface area contributed by atoms with E-state index in [0.29, 0.717) is 45.7 Å². The van der Waals surface area contributed by atoms with E-state index in [1.54, 1.807) is 16.1 Å². The smallest absolute Gasteiger partial charge is 0.282 e. The van der Waals surface area contributed by atoms with Crippen LogP contribution in [0.2, 0.25) is 0 Å². The molecule has 1 amide bonds. The highest BCUT2D eigenvalue weighted by Crippen LogP contribution is 2.19. The molecule has 2 aliphatic heterocycles. The van der Waals surface area contributed by atoms with Crippen LogP contribution in [-0.2, 0) is 15.0 Å². The monoisotopic (exact) mass is 370 g/mol. The highest BCUT2D eigenvalue weighted by Gasteiger charge is 2.33. The molecular formula is C15H26N6O3S. The zero-order valence-electron chi connectivity index (χ0n) is 14.6. The molecule has 1 atom stereocenters. The third kappa shape index (κ3) is 4.01. The minimum Gasteiger partial charge on any atom is -0.339 e. The van der Waals surface area contributed by atoms with E-state index in [2.05, 4.69) is 10.1 Å². The van der Waals surface area contributed by atoms with Gasteiger partial charge in [0.1, 0.15) is 18.7 Å². The Bertz CT molecular complexity index is 671. The van der Waals surface area contributed by atoms with Crippen molar-refractivity contribution in [3.63, 3.8) is 0 Å². The summed E-state index contributed by atoms with van der Waals surface area (Å²) in [5.41, 5.74) is 0. The van der Waals surface area contributed by atoms with Gasteiger partial charge < -0.3 is 4.90 Å². The molecule has 3 heterocycles. The molecule has 3 rings (SSSR count). The molecule has 0 bridgehead atoms. The highest BCUT2D eigenvalue weighted by atomic mass is 32.2. The van der Waals surface area contributed by atoms with Gasteiger partial charge in [-0.25, -0.2) is 9.67 Å². The molecule has 1 aromatic heterocycles. The van der Waals surface area contributed by atoms with Crippen molar-refractivity contribution in [3.8, 4) is 0 Å². The lowest BCUT2D eigenvalue weighted by molar-refractivity contribution is -0.134. The molecule has 0 aromatic carbocycles. The Morgan fingerprint density at radius 2 is 1.64 bits per heavy atom. The second kappa shape index (κ2) is 7.79. The number of hydrogen-bond donors (Lipinski definition) is 0. The molecule has 2 fully saturated rings. The molecule has 2 aliphatic rings. The van der Waals surface area contributed by atoms with Crippen LogP contribution in [0, 0.1) is 0 Å². The normalized spacial score (nSPS) is 22.5. The van der Waals surface area contributed by atoms with Crippen molar-refractivity contribution < 1.29 is 13.2 Å². The van der Waals surface area contributed by atoms with Crippen molar-refractivity contribution in [2.24, 2.45) is 0 Å². The first-order valence-corrected chi connectivity index (χ1v) is 10.3. The molecule has 1 aromatic rings. The van der Waals surface area contributed by atoms with Gasteiger partial charge >= 0.3 is 0 Å². The maximum Gasteiger partial charge on any atom is 0.282 e. The fourth-order valence-electron chi connectivity index (χ4n) is 3.40. The van der Waals surface area contributed by atoms with Crippen LogP contribution in [0.3, 0.4) is 0 Å². The minimum atomic E-state index is -3.42. The Hall–Kier alpha value is -1.52. The van der Waals surface area contributed by atoms with Gasteiger partial charge in [-0.05, 0) is 26.2 Å². The summed E-state index contributed by atoms with van der Waals surface area (Å²) < 4.78 is 30.3. The summed E-state index contributed by atoms with van der Waals surface area (Å²) in [6.45, 7) is 4.75. The van der Waals surface area contributed by atoms with E-state index < -0.39 is 16.3 Å². The Kier molecular flexibility index (Phi) is 5.70. The van der Waals surface area contributed by atoms with Gasteiger partial charge in [0.2, 0.25) is 5.91 Å². The fraction of sp³-hybridized carbons (Fsp3) is 0.800. The van der Waals surface area contributed by atoms with Crippen molar-refractivity contribution in [2.45, 2.75) is 38.6 Å². The highest BCUT2D eigenvalue weighted by molar-refractivity contribution is 7.86. The summed E-state index contributed by atoms with van der Waals surface area (Å²) in [4.78, 5) is 18.3. The van der Waals surface area contributed by atoms with Gasteiger partial charge in [0.05, 0.1) is 0 Å². The predicted octanol–water partition coefficient (Wildman–Crippen LogP) is 0.104.